The van der Waals surface area contributed by atoms with Crippen LogP contribution in [0.1, 0.15) is 51.4 Å². The number of fused-ring (bicyclic) bond motifs is 1. The molecule has 3 aromatic rings. The van der Waals surface area contributed by atoms with Gasteiger partial charge in [-0.15, -0.1) is 0 Å². The maximum atomic E-state index is 13.5. The van der Waals surface area contributed by atoms with Gasteiger partial charge >= 0.3 is 0 Å². The number of carbonyl (C=O) groups is 3. The van der Waals surface area contributed by atoms with Crippen molar-refractivity contribution in [2.75, 3.05) is 25.1 Å². The summed E-state index contributed by atoms with van der Waals surface area (Å²) in [5.41, 5.74) is 0.861. The lowest BCUT2D eigenvalue weighted by Crippen LogP contribution is -2.49. The highest BCUT2D eigenvalue weighted by molar-refractivity contribution is 7.98. The number of hydrogen-bond donors (Lipinski definition) is 2. The Morgan fingerprint density at radius 1 is 1.14 bits per heavy atom. The molecule has 2 N–H and O–H groups in total. The molecule has 2 atom stereocenters. The van der Waals surface area contributed by atoms with E-state index in [1.807, 2.05) is 55.1 Å². The number of nitrogens with zero attached hydrogens (tertiary/aromatic N) is 6. The van der Waals surface area contributed by atoms with Gasteiger partial charge in [-0.05, 0) is 30.8 Å². The molecule has 1 aliphatic heterocycles. The highest BCUT2D eigenvalue weighted by Gasteiger charge is 2.30. The van der Waals surface area contributed by atoms with Gasteiger partial charge in [0.25, 0.3) is 0 Å². The van der Waals surface area contributed by atoms with Gasteiger partial charge in [0, 0.05) is 44.2 Å². The minimum atomic E-state index is -0.669. The molecule has 0 unspecified atom stereocenters. The van der Waals surface area contributed by atoms with E-state index in [0.717, 1.165) is 11.3 Å². The second kappa shape index (κ2) is 15.2. The molecule has 2 aromatic heterocycles. The van der Waals surface area contributed by atoms with E-state index in [4.69, 9.17) is 21.7 Å². The van der Waals surface area contributed by atoms with Crippen LogP contribution in [0.5, 0.6) is 0 Å². The number of halogens is 1. The Morgan fingerprint density at radius 3 is 2.62 bits per heavy atom. The third-order valence-corrected chi connectivity index (χ3v) is 8.00. The molecule has 0 bridgehead atoms. The predicted molar refractivity (Wildman–Crippen MR) is 164 cm³/mol. The Kier molecular flexibility index (Phi) is 11.4. The van der Waals surface area contributed by atoms with Gasteiger partial charge in [0.2, 0.25) is 17.7 Å². The zero-order valence-electron chi connectivity index (χ0n) is 24.3. The molecule has 13 heteroatoms. The van der Waals surface area contributed by atoms with Crippen LogP contribution in [0.25, 0.3) is 11.4 Å². The summed E-state index contributed by atoms with van der Waals surface area (Å²) in [5.74, 6) is 1.39. The van der Waals surface area contributed by atoms with Crippen molar-refractivity contribution < 1.29 is 14.4 Å². The van der Waals surface area contributed by atoms with Crippen molar-refractivity contribution in [1.29, 1.82) is 0 Å². The fourth-order valence-corrected chi connectivity index (χ4v) is 5.48. The van der Waals surface area contributed by atoms with Crippen molar-refractivity contribution in [3.8, 4) is 11.4 Å². The van der Waals surface area contributed by atoms with Crippen LogP contribution in [0.4, 0.5) is 0 Å². The maximum absolute atomic E-state index is 13.5. The molecule has 226 valence electrons. The highest BCUT2D eigenvalue weighted by Crippen LogP contribution is 2.25. The minimum Gasteiger partial charge on any atom is -0.344 e. The first-order valence-corrected chi connectivity index (χ1v) is 16.1. The third kappa shape index (κ3) is 8.57. The molecule has 3 heterocycles. The van der Waals surface area contributed by atoms with Crippen LogP contribution in [0.3, 0.4) is 0 Å². The average molecular weight is 615 g/mol. The van der Waals surface area contributed by atoms with Crippen molar-refractivity contribution in [2.45, 2.75) is 64.7 Å². The van der Waals surface area contributed by atoms with E-state index in [0.29, 0.717) is 55.7 Å². The second-order valence-electron chi connectivity index (χ2n) is 10.7. The average Bonchev–Trinajstić information content (AvgIpc) is 3.60. The number of benzene rings is 1. The van der Waals surface area contributed by atoms with E-state index < -0.39 is 12.1 Å². The van der Waals surface area contributed by atoms with Crippen molar-refractivity contribution in [3.63, 3.8) is 0 Å². The Hall–Kier alpha value is -3.38. The first-order valence-electron chi connectivity index (χ1n) is 14.3. The highest BCUT2D eigenvalue weighted by atomic mass is 35.5. The van der Waals surface area contributed by atoms with Crippen LogP contribution in [0, 0.1) is 5.92 Å². The van der Waals surface area contributed by atoms with E-state index in [9.17, 15) is 14.4 Å². The maximum Gasteiger partial charge on any atom is 0.243 e. The number of aromatic nitrogens is 5. The zero-order valence-corrected chi connectivity index (χ0v) is 25.9. The third-order valence-electron chi connectivity index (χ3n) is 7.16. The van der Waals surface area contributed by atoms with E-state index in [1.165, 1.54) is 0 Å². The molecule has 0 radical (unpaired) electrons. The summed E-state index contributed by atoms with van der Waals surface area (Å²) in [6, 6.07) is 8.56. The zero-order chi connectivity index (χ0) is 30.1. The van der Waals surface area contributed by atoms with Crippen LogP contribution in [0.2, 0.25) is 5.02 Å². The predicted octanol–water partition coefficient (Wildman–Crippen LogP) is 3.56. The Bertz CT molecular complexity index is 1350. The SMILES string of the molecule is CSCC[C@@H]1NC(=O)CCCN(C(=O)CCn2cc(Cl)cn2)CCn2nc(-c3ccccc3)nc2[C@@H](C(C)C)NC1=O. The van der Waals surface area contributed by atoms with Gasteiger partial charge < -0.3 is 15.5 Å². The Labute approximate surface area is 255 Å². The van der Waals surface area contributed by atoms with E-state index in [-0.39, 0.29) is 36.5 Å². The molecular formula is C29H39ClN8O3S. The Balaban J connectivity index is 1.65. The second-order valence-corrected chi connectivity index (χ2v) is 12.1. The fraction of sp³-hybridized carbons (Fsp3) is 0.517. The molecule has 1 aliphatic rings. The normalized spacial score (nSPS) is 18.7. The number of nitrogens with one attached hydrogen (secondary N) is 2. The van der Waals surface area contributed by atoms with Crippen LogP contribution < -0.4 is 10.6 Å². The lowest BCUT2D eigenvalue weighted by atomic mass is 10.0. The lowest BCUT2D eigenvalue weighted by molar-refractivity contribution is -0.132. The molecule has 11 nitrogen and oxygen atoms in total. The molecule has 42 heavy (non-hydrogen) atoms. The summed E-state index contributed by atoms with van der Waals surface area (Å²) in [7, 11) is 0. The van der Waals surface area contributed by atoms with Gasteiger partial charge in [0.15, 0.2) is 11.6 Å². The van der Waals surface area contributed by atoms with Crippen LogP contribution in [0.15, 0.2) is 42.7 Å². The molecule has 0 aliphatic carbocycles. The summed E-state index contributed by atoms with van der Waals surface area (Å²) < 4.78 is 3.45. The number of thioether (sulfide) groups is 1. The van der Waals surface area contributed by atoms with Crippen molar-refractivity contribution in [2.24, 2.45) is 5.92 Å². The number of hydrogen-bond acceptors (Lipinski definition) is 7. The fourth-order valence-electron chi connectivity index (χ4n) is 4.85. The number of rotatable bonds is 8. The smallest absolute Gasteiger partial charge is 0.243 e. The van der Waals surface area contributed by atoms with Gasteiger partial charge in [-0.1, -0.05) is 55.8 Å². The molecule has 0 spiro atoms. The summed E-state index contributed by atoms with van der Waals surface area (Å²) in [5, 5.41) is 15.6. The van der Waals surface area contributed by atoms with Gasteiger partial charge in [0.1, 0.15) is 6.04 Å². The van der Waals surface area contributed by atoms with Crippen LogP contribution >= 0.6 is 23.4 Å². The summed E-state index contributed by atoms with van der Waals surface area (Å²) in [6.45, 7) is 5.59. The van der Waals surface area contributed by atoms with Crippen molar-refractivity contribution in [3.05, 3.63) is 53.6 Å². The molecule has 4 rings (SSSR count). The quantitative estimate of drug-likeness (QED) is 0.397. The largest absolute Gasteiger partial charge is 0.344 e. The lowest BCUT2D eigenvalue weighted by Gasteiger charge is -2.28. The molecule has 0 saturated heterocycles. The van der Waals surface area contributed by atoms with E-state index in [2.05, 4.69) is 15.7 Å². The minimum absolute atomic E-state index is 0.0102. The van der Waals surface area contributed by atoms with Gasteiger partial charge in [-0.2, -0.15) is 22.0 Å². The molecule has 0 saturated carbocycles. The first-order chi connectivity index (χ1) is 20.2. The van der Waals surface area contributed by atoms with Crippen molar-refractivity contribution in [1.82, 2.24) is 40.1 Å². The number of aryl methyl sites for hydroxylation is 1. The molecule has 1 aromatic carbocycles. The van der Waals surface area contributed by atoms with Crippen molar-refractivity contribution >= 4 is 41.1 Å². The molecule has 0 fully saturated rings. The van der Waals surface area contributed by atoms with E-state index >= 15 is 0 Å². The Morgan fingerprint density at radius 2 is 1.93 bits per heavy atom. The number of amides is 3. The summed E-state index contributed by atoms with van der Waals surface area (Å²) in [6.07, 6.45) is 6.62. The van der Waals surface area contributed by atoms with Gasteiger partial charge in [0.05, 0.1) is 23.8 Å². The first kappa shape index (κ1) is 31.6. The molecule has 3 amide bonds. The van der Waals surface area contributed by atoms with Crippen LogP contribution in [-0.4, -0.2) is 78.3 Å². The number of carbonyl (C=O) groups excluding carboxylic acids is 3. The van der Waals surface area contributed by atoms with Gasteiger partial charge in [-0.25, -0.2) is 9.67 Å². The summed E-state index contributed by atoms with van der Waals surface area (Å²) >= 11 is 7.60. The summed E-state index contributed by atoms with van der Waals surface area (Å²) in [4.78, 5) is 46.4. The standard InChI is InChI=1S/C29H39ClN8O3S/c1-20(2)26-28-34-27(21-8-5-4-6-9-21)35-38(28)16-15-36(25(40)11-14-37-19-22(30)18-31-37)13-7-10-24(39)32-23(12-17-42-3)29(41)33-26/h4-6,8-9,18-20,23,26H,7,10-17H2,1-3H3,(H,32,39)(H,33,41)/t23-,26+/m0/s1. The molecular weight excluding hydrogens is 576 g/mol. The topological polar surface area (TPSA) is 127 Å². The van der Waals surface area contributed by atoms with Crippen LogP contribution in [-0.2, 0) is 27.5 Å². The van der Waals surface area contributed by atoms with Gasteiger partial charge in [-0.3, -0.25) is 19.1 Å². The monoisotopic (exact) mass is 614 g/mol. The van der Waals surface area contributed by atoms with E-state index in [1.54, 1.807) is 33.7 Å².